The summed E-state index contributed by atoms with van der Waals surface area (Å²) in [5, 5.41) is 19.2. The van der Waals surface area contributed by atoms with Gasteiger partial charge in [0.15, 0.2) is 0 Å². The molecule has 2 aliphatic rings. The summed E-state index contributed by atoms with van der Waals surface area (Å²) >= 11 is 0. The number of amides is 1. The zero-order valence-electron chi connectivity index (χ0n) is 14.1. The van der Waals surface area contributed by atoms with Crippen LogP contribution in [0.4, 0.5) is 0 Å². The molecule has 0 radical (unpaired) electrons. The van der Waals surface area contributed by atoms with Crippen molar-refractivity contribution in [2.45, 2.75) is 44.7 Å². The molecule has 3 rings (SSSR count). The van der Waals surface area contributed by atoms with Gasteiger partial charge < -0.3 is 10.0 Å². The van der Waals surface area contributed by atoms with Crippen molar-refractivity contribution in [2.75, 3.05) is 6.61 Å². The van der Waals surface area contributed by atoms with E-state index < -0.39 is 6.04 Å². The van der Waals surface area contributed by atoms with Crippen LogP contribution < -0.4 is 0 Å². The van der Waals surface area contributed by atoms with Gasteiger partial charge in [0.25, 0.3) is 0 Å². The standard InChI is InChI=1S/C20H22N2O2/c1-13(2)3-4-14-5-7-15(8-6-14)19-17(11-21)22(18(19)12-23)20(24)16-9-10-16/h5-8,13,16-19,23H,9-10,12H2,1-2H3/t17-,18+,19-/m0/s1. The zero-order valence-corrected chi connectivity index (χ0v) is 14.1. The van der Waals surface area contributed by atoms with Crippen LogP contribution in [0.1, 0.15) is 43.7 Å². The molecule has 1 aliphatic carbocycles. The van der Waals surface area contributed by atoms with E-state index in [1.165, 1.54) is 0 Å². The number of rotatable bonds is 3. The van der Waals surface area contributed by atoms with E-state index in [0.717, 1.165) is 24.0 Å². The highest BCUT2D eigenvalue weighted by Gasteiger charge is 2.53. The third kappa shape index (κ3) is 3.03. The van der Waals surface area contributed by atoms with Gasteiger partial charge >= 0.3 is 0 Å². The Bertz CT molecular complexity index is 717. The molecule has 4 nitrogen and oxygen atoms in total. The first kappa shape index (κ1) is 16.6. The minimum Gasteiger partial charge on any atom is -0.394 e. The number of nitrogens with zero attached hydrogens (tertiary/aromatic N) is 2. The first-order valence-electron chi connectivity index (χ1n) is 8.51. The lowest BCUT2D eigenvalue weighted by Gasteiger charge is -2.51. The van der Waals surface area contributed by atoms with Crippen molar-refractivity contribution in [3.63, 3.8) is 0 Å². The number of hydrogen-bond donors (Lipinski definition) is 1. The summed E-state index contributed by atoms with van der Waals surface area (Å²) in [4.78, 5) is 13.9. The second kappa shape index (κ2) is 6.67. The fraction of sp³-hybridized carbons (Fsp3) is 0.500. The predicted octanol–water partition coefficient (Wildman–Crippen LogP) is 2.28. The molecule has 4 heteroatoms. The fourth-order valence-corrected chi connectivity index (χ4v) is 3.27. The molecule has 1 aliphatic heterocycles. The van der Waals surface area contributed by atoms with E-state index in [1.54, 1.807) is 4.90 Å². The number of hydrogen-bond acceptors (Lipinski definition) is 3. The minimum absolute atomic E-state index is 0.0243. The Kier molecular flexibility index (Phi) is 4.60. The molecule has 1 aromatic carbocycles. The molecule has 124 valence electrons. The van der Waals surface area contributed by atoms with Crippen LogP contribution in [-0.4, -0.2) is 34.6 Å². The van der Waals surface area contributed by atoms with Crippen LogP contribution in [0, 0.1) is 35.0 Å². The second-order valence-electron chi connectivity index (χ2n) is 6.92. The maximum absolute atomic E-state index is 12.4. The van der Waals surface area contributed by atoms with Crippen molar-refractivity contribution in [2.24, 2.45) is 11.8 Å². The van der Waals surface area contributed by atoms with Crippen molar-refractivity contribution in [3.8, 4) is 17.9 Å². The van der Waals surface area contributed by atoms with E-state index >= 15 is 0 Å². The molecule has 24 heavy (non-hydrogen) atoms. The number of aliphatic hydroxyl groups excluding tert-OH is 1. The van der Waals surface area contributed by atoms with E-state index in [4.69, 9.17) is 0 Å². The van der Waals surface area contributed by atoms with E-state index in [-0.39, 0.29) is 30.4 Å². The quantitative estimate of drug-likeness (QED) is 0.868. The number of nitriles is 1. The molecule has 1 N–H and O–H groups in total. The maximum Gasteiger partial charge on any atom is 0.227 e. The van der Waals surface area contributed by atoms with Gasteiger partial charge in [-0.2, -0.15) is 5.26 Å². The van der Waals surface area contributed by atoms with Crippen LogP contribution in [-0.2, 0) is 4.79 Å². The molecule has 0 spiro atoms. The molecule has 1 aromatic rings. The molecular formula is C20H22N2O2. The number of likely N-dealkylation sites (tertiary alicyclic amines) is 1. The lowest BCUT2D eigenvalue weighted by Crippen LogP contribution is -2.65. The van der Waals surface area contributed by atoms with E-state index in [9.17, 15) is 15.2 Å². The summed E-state index contributed by atoms with van der Waals surface area (Å²) in [5.41, 5.74) is 1.92. The predicted molar refractivity (Wildman–Crippen MR) is 90.7 cm³/mol. The van der Waals surface area contributed by atoms with Crippen molar-refractivity contribution >= 4 is 5.91 Å². The number of benzene rings is 1. The molecule has 0 bridgehead atoms. The first-order valence-corrected chi connectivity index (χ1v) is 8.51. The van der Waals surface area contributed by atoms with Crippen LogP contribution in [0.15, 0.2) is 24.3 Å². The Labute approximate surface area is 143 Å². The highest BCUT2D eigenvalue weighted by Crippen LogP contribution is 2.44. The van der Waals surface area contributed by atoms with E-state index in [1.807, 2.05) is 38.1 Å². The Morgan fingerprint density at radius 3 is 2.50 bits per heavy atom. The Morgan fingerprint density at radius 1 is 1.33 bits per heavy atom. The molecule has 1 saturated heterocycles. The molecule has 2 fully saturated rings. The first-order chi connectivity index (χ1) is 11.6. The van der Waals surface area contributed by atoms with Crippen molar-refractivity contribution in [3.05, 3.63) is 35.4 Å². The third-order valence-corrected chi connectivity index (χ3v) is 4.71. The number of carbonyl (C=O) groups excluding carboxylic acids is 1. The third-order valence-electron chi connectivity index (χ3n) is 4.71. The maximum atomic E-state index is 12.4. The van der Waals surface area contributed by atoms with Gasteiger partial charge in [-0.1, -0.05) is 37.8 Å². The summed E-state index contributed by atoms with van der Waals surface area (Å²) in [7, 11) is 0. The monoisotopic (exact) mass is 322 g/mol. The van der Waals surface area contributed by atoms with Gasteiger partial charge in [-0.3, -0.25) is 4.79 Å². The molecule has 1 heterocycles. The second-order valence-corrected chi connectivity index (χ2v) is 6.92. The molecule has 0 aromatic heterocycles. The van der Waals surface area contributed by atoms with Crippen molar-refractivity contribution < 1.29 is 9.90 Å². The van der Waals surface area contributed by atoms with Gasteiger partial charge in [0.1, 0.15) is 6.04 Å². The summed E-state index contributed by atoms with van der Waals surface area (Å²) in [6, 6.07) is 9.27. The van der Waals surface area contributed by atoms with E-state index in [0.29, 0.717) is 5.92 Å². The zero-order chi connectivity index (χ0) is 17.3. The smallest absolute Gasteiger partial charge is 0.227 e. The fourth-order valence-electron chi connectivity index (χ4n) is 3.27. The van der Waals surface area contributed by atoms with Crippen LogP contribution in [0.5, 0.6) is 0 Å². The Balaban J connectivity index is 1.79. The van der Waals surface area contributed by atoms with Gasteiger partial charge in [-0.25, -0.2) is 0 Å². The Hall–Kier alpha value is -2.30. The van der Waals surface area contributed by atoms with Gasteiger partial charge in [0.2, 0.25) is 5.91 Å². The molecule has 0 unspecified atom stereocenters. The van der Waals surface area contributed by atoms with Crippen LogP contribution in [0.3, 0.4) is 0 Å². The average molecular weight is 322 g/mol. The normalized spacial score (nSPS) is 25.5. The van der Waals surface area contributed by atoms with Gasteiger partial charge in [-0.15, -0.1) is 0 Å². The van der Waals surface area contributed by atoms with Gasteiger partial charge in [-0.05, 0) is 30.5 Å². The van der Waals surface area contributed by atoms with Crippen molar-refractivity contribution in [1.29, 1.82) is 5.26 Å². The van der Waals surface area contributed by atoms with Gasteiger partial charge in [0, 0.05) is 23.3 Å². The van der Waals surface area contributed by atoms with Crippen LogP contribution in [0.2, 0.25) is 0 Å². The molecule has 1 saturated carbocycles. The van der Waals surface area contributed by atoms with Crippen molar-refractivity contribution in [1.82, 2.24) is 4.90 Å². The number of carbonyl (C=O) groups is 1. The lowest BCUT2D eigenvalue weighted by molar-refractivity contribution is -0.148. The SMILES string of the molecule is CC(C)C#Cc1ccc([C@@H]2[C@@H](CO)N(C(=O)C3CC3)[C@H]2C#N)cc1. The summed E-state index contributed by atoms with van der Waals surface area (Å²) in [5.74, 6) is 6.52. The van der Waals surface area contributed by atoms with Crippen LogP contribution in [0.25, 0.3) is 0 Å². The summed E-state index contributed by atoms with van der Waals surface area (Å²) in [6.45, 7) is 3.98. The lowest BCUT2D eigenvalue weighted by atomic mass is 9.75. The minimum atomic E-state index is -0.483. The summed E-state index contributed by atoms with van der Waals surface area (Å²) < 4.78 is 0. The molecule has 1 amide bonds. The topological polar surface area (TPSA) is 64.3 Å². The molecular weight excluding hydrogens is 300 g/mol. The largest absolute Gasteiger partial charge is 0.394 e. The highest BCUT2D eigenvalue weighted by atomic mass is 16.3. The molecule has 3 atom stereocenters. The average Bonchev–Trinajstić information content (AvgIpc) is 3.38. The van der Waals surface area contributed by atoms with Crippen LogP contribution >= 0.6 is 0 Å². The highest BCUT2D eigenvalue weighted by molar-refractivity contribution is 5.83. The Morgan fingerprint density at radius 2 is 2.00 bits per heavy atom. The van der Waals surface area contributed by atoms with Gasteiger partial charge in [0.05, 0.1) is 18.7 Å². The van der Waals surface area contributed by atoms with E-state index in [2.05, 4.69) is 17.9 Å². The number of aliphatic hydroxyl groups is 1. The summed E-state index contributed by atoms with van der Waals surface area (Å²) in [6.07, 6.45) is 1.80.